The lowest BCUT2D eigenvalue weighted by molar-refractivity contribution is 0.170. The largest absolute Gasteiger partial charge is 0.496 e. The number of hydrogen-bond acceptors (Lipinski definition) is 4. The number of nitrogens with zero attached hydrogens (tertiary/aromatic N) is 1. The average molecular weight is 341 g/mol. The summed E-state index contributed by atoms with van der Waals surface area (Å²) in [6.07, 6.45) is 1.04. The number of halogens is 1. The summed E-state index contributed by atoms with van der Waals surface area (Å²) in [5.41, 5.74) is 3.38. The van der Waals surface area contributed by atoms with E-state index in [4.69, 9.17) is 4.74 Å². The molecule has 0 bridgehead atoms. The van der Waals surface area contributed by atoms with E-state index in [0.717, 1.165) is 22.4 Å². The lowest BCUT2D eigenvalue weighted by Crippen LogP contribution is -2.21. The van der Waals surface area contributed by atoms with Crippen LogP contribution in [-0.4, -0.2) is 29.0 Å². The summed E-state index contributed by atoms with van der Waals surface area (Å²) >= 11 is 0. The van der Waals surface area contributed by atoms with Crippen molar-refractivity contribution < 1.29 is 14.2 Å². The Morgan fingerprint density at radius 3 is 2.72 bits per heavy atom. The average Bonchev–Trinajstić information content (AvgIpc) is 3.10. The van der Waals surface area contributed by atoms with Gasteiger partial charge in [-0.25, -0.2) is 4.39 Å². The fourth-order valence-electron chi connectivity index (χ4n) is 2.71. The van der Waals surface area contributed by atoms with Gasteiger partial charge in [-0.15, -0.1) is 0 Å². The van der Waals surface area contributed by atoms with E-state index in [1.165, 1.54) is 12.1 Å². The molecule has 0 aliphatic heterocycles. The van der Waals surface area contributed by atoms with Crippen LogP contribution in [0, 0.1) is 5.82 Å². The molecule has 0 saturated carbocycles. The Hall–Kier alpha value is -2.70. The Morgan fingerprint density at radius 2 is 1.96 bits per heavy atom. The Bertz CT molecular complexity index is 818. The van der Waals surface area contributed by atoms with Crippen LogP contribution < -0.4 is 10.1 Å². The highest BCUT2D eigenvalue weighted by Crippen LogP contribution is 2.25. The van der Waals surface area contributed by atoms with E-state index < -0.39 is 6.10 Å². The Kier molecular flexibility index (Phi) is 5.42. The number of para-hydroxylation sites is 1. The van der Waals surface area contributed by atoms with E-state index in [0.29, 0.717) is 18.8 Å². The van der Waals surface area contributed by atoms with Gasteiger partial charge in [0.25, 0.3) is 0 Å². The van der Waals surface area contributed by atoms with Crippen LogP contribution >= 0.6 is 0 Å². The topological polar surface area (TPSA) is 70.2 Å². The monoisotopic (exact) mass is 341 g/mol. The van der Waals surface area contributed by atoms with Gasteiger partial charge in [-0.3, -0.25) is 5.10 Å². The summed E-state index contributed by atoms with van der Waals surface area (Å²) in [6.45, 7) is 0.893. The molecule has 0 unspecified atom stereocenters. The number of hydrogen-bond donors (Lipinski definition) is 3. The summed E-state index contributed by atoms with van der Waals surface area (Å²) in [7, 11) is 1.58. The highest BCUT2D eigenvalue weighted by molar-refractivity contribution is 5.62. The van der Waals surface area contributed by atoms with Crippen LogP contribution in [0.15, 0.2) is 54.7 Å². The number of aliphatic hydroxyl groups is 1. The minimum Gasteiger partial charge on any atom is -0.496 e. The SMILES string of the molecule is COc1ccccc1[C@@H](O)CNCc1cn[nH]c1-c1ccc(F)cc1. The molecule has 0 fully saturated rings. The first-order chi connectivity index (χ1) is 12.2. The van der Waals surface area contributed by atoms with Gasteiger partial charge in [-0.2, -0.15) is 5.10 Å². The molecule has 2 aromatic carbocycles. The second kappa shape index (κ2) is 7.92. The van der Waals surface area contributed by atoms with Crippen molar-refractivity contribution in [3.63, 3.8) is 0 Å². The van der Waals surface area contributed by atoms with Crippen molar-refractivity contribution in [3.05, 3.63) is 71.7 Å². The highest BCUT2D eigenvalue weighted by Gasteiger charge is 2.13. The number of aromatic nitrogens is 2. The molecule has 0 amide bonds. The Balaban J connectivity index is 1.63. The molecule has 6 heteroatoms. The van der Waals surface area contributed by atoms with Gasteiger partial charge in [0.2, 0.25) is 0 Å². The van der Waals surface area contributed by atoms with Gasteiger partial charge in [-0.1, -0.05) is 18.2 Å². The zero-order chi connectivity index (χ0) is 17.6. The van der Waals surface area contributed by atoms with Gasteiger partial charge in [0.1, 0.15) is 11.6 Å². The van der Waals surface area contributed by atoms with Crippen molar-refractivity contribution >= 4 is 0 Å². The Morgan fingerprint density at radius 1 is 1.20 bits per heavy atom. The third-order valence-electron chi connectivity index (χ3n) is 4.00. The molecule has 0 saturated heterocycles. The zero-order valence-electron chi connectivity index (χ0n) is 13.9. The predicted octanol–water partition coefficient (Wildman–Crippen LogP) is 3.05. The first kappa shape index (κ1) is 17.1. The van der Waals surface area contributed by atoms with Crippen LogP contribution in [-0.2, 0) is 6.54 Å². The molecule has 1 aromatic heterocycles. The molecule has 3 aromatic rings. The van der Waals surface area contributed by atoms with E-state index in [2.05, 4.69) is 15.5 Å². The molecule has 0 spiro atoms. The number of benzene rings is 2. The summed E-state index contributed by atoms with van der Waals surface area (Å²) in [6, 6.07) is 13.6. The number of ether oxygens (including phenoxy) is 1. The van der Waals surface area contributed by atoms with E-state index in [1.54, 1.807) is 25.4 Å². The van der Waals surface area contributed by atoms with E-state index in [-0.39, 0.29) is 5.82 Å². The lowest BCUT2D eigenvalue weighted by atomic mass is 10.1. The molecule has 0 aliphatic rings. The van der Waals surface area contributed by atoms with Crippen molar-refractivity contribution in [2.75, 3.05) is 13.7 Å². The fraction of sp³-hybridized carbons (Fsp3) is 0.211. The summed E-state index contributed by atoms with van der Waals surface area (Å²) in [5, 5.41) is 20.6. The second-order valence-electron chi connectivity index (χ2n) is 5.67. The van der Waals surface area contributed by atoms with Crippen molar-refractivity contribution in [2.24, 2.45) is 0 Å². The smallest absolute Gasteiger partial charge is 0.124 e. The maximum atomic E-state index is 13.1. The highest BCUT2D eigenvalue weighted by atomic mass is 19.1. The van der Waals surface area contributed by atoms with Crippen molar-refractivity contribution in [2.45, 2.75) is 12.6 Å². The third-order valence-corrected chi connectivity index (χ3v) is 4.00. The van der Waals surface area contributed by atoms with Crippen LogP contribution in [0.3, 0.4) is 0 Å². The van der Waals surface area contributed by atoms with E-state index >= 15 is 0 Å². The third kappa shape index (κ3) is 4.04. The van der Waals surface area contributed by atoms with Crippen molar-refractivity contribution in [1.29, 1.82) is 0 Å². The number of rotatable bonds is 7. The zero-order valence-corrected chi connectivity index (χ0v) is 13.9. The summed E-state index contributed by atoms with van der Waals surface area (Å²) < 4.78 is 18.3. The molecule has 1 atom stereocenters. The fourth-order valence-corrected chi connectivity index (χ4v) is 2.71. The van der Waals surface area contributed by atoms with Gasteiger partial charge in [0, 0.05) is 29.8 Å². The van der Waals surface area contributed by atoms with Crippen LogP contribution in [0.1, 0.15) is 17.2 Å². The molecule has 5 nitrogen and oxygen atoms in total. The van der Waals surface area contributed by atoms with E-state index in [1.807, 2.05) is 24.3 Å². The normalized spacial score (nSPS) is 12.1. The minimum absolute atomic E-state index is 0.275. The molecule has 25 heavy (non-hydrogen) atoms. The van der Waals surface area contributed by atoms with E-state index in [9.17, 15) is 9.50 Å². The maximum Gasteiger partial charge on any atom is 0.124 e. The molecule has 1 heterocycles. The molecule has 130 valence electrons. The minimum atomic E-state index is -0.683. The van der Waals surface area contributed by atoms with Gasteiger partial charge in [-0.05, 0) is 30.3 Å². The molecule has 3 N–H and O–H groups in total. The number of nitrogens with one attached hydrogen (secondary N) is 2. The summed E-state index contributed by atoms with van der Waals surface area (Å²) in [5.74, 6) is 0.384. The number of aliphatic hydroxyl groups excluding tert-OH is 1. The van der Waals surface area contributed by atoms with Crippen LogP contribution in [0.5, 0.6) is 5.75 Å². The first-order valence-electron chi connectivity index (χ1n) is 7.99. The van der Waals surface area contributed by atoms with Crippen LogP contribution in [0.4, 0.5) is 4.39 Å². The van der Waals surface area contributed by atoms with Gasteiger partial charge >= 0.3 is 0 Å². The van der Waals surface area contributed by atoms with Crippen LogP contribution in [0.2, 0.25) is 0 Å². The maximum absolute atomic E-state index is 13.1. The molecular formula is C19H20FN3O2. The Labute approximate surface area is 145 Å². The quantitative estimate of drug-likeness (QED) is 0.618. The van der Waals surface area contributed by atoms with Gasteiger partial charge in [0.05, 0.1) is 25.1 Å². The van der Waals surface area contributed by atoms with Crippen molar-refractivity contribution in [3.8, 4) is 17.0 Å². The predicted molar refractivity (Wildman–Crippen MR) is 93.6 cm³/mol. The number of H-pyrrole nitrogens is 1. The molecule has 3 rings (SSSR count). The molecule has 0 aliphatic carbocycles. The lowest BCUT2D eigenvalue weighted by Gasteiger charge is -2.15. The van der Waals surface area contributed by atoms with Gasteiger partial charge in [0.15, 0.2) is 0 Å². The number of methoxy groups -OCH3 is 1. The number of aromatic amines is 1. The second-order valence-corrected chi connectivity index (χ2v) is 5.67. The van der Waals surface area contributed by atoms with Crippen LogP contribution in [0.25, 0.3) is 11.3 Å². The molecule has 0 radical (unpaired) electrons. The standard InChI is InChI=1S/C19H20FN3O2/c1-25-18-5-3-2-4-16(18)17(24)12-21-10-14-11-22-23-19(14)13-6-8-15(20)9-7-13/h2-9,11,17,21,24H,10,12H2,1H3,(H,22,23)/t17-/m0/s1. The first-order valence-corrected chi connectivity index (χ1v) is 7.99. The summed E-state index contributed by atoms with van der Waals surface area (Å²) in [4.78, 5) is 0. The van der Waals surface area contributed by atoms with Crippen molar-refractivity contribution in [1.82, 2.24) is 15.5 Å². The molecular weight excluding hydrogens is 321 g/mol. The van der Waals surface area contributed by atoms with Gasteiger partial charge < -0.3 is 15.2 Å².